The lowest BCUT2D eigenvalue weighted by Crippen LogP contribution is -2.16. The standard InChI is InChI=1S/C13H9BrClNO4S/c14-11-6-2-5-10(13(17)18)12(11)16-21(19,20)9-4-1-3-8(15)7-9/h1-7,16H,(H,17,18). The van der Waals surface area contributed by atoms with Crippen molar-refractivity contribution in [3.05, 3.63) is 57.5 Å². The first kappa shape index (κ1) is 15.8. The van der Waals surface area contributed by atoms with Crippen molar-refractivity contribution in [1.29, 1.82) is 0 Å². The Hall–Kier alpha value is -1.57. The van der Waals surface area contributed by atoms with Gasteiger partial charge in [-0.1, -0.05) is 23.7 Å². The predicted molar refractivity (Wildman–Crippen MR) is 83.4 cm³/mol. The number of carboxylic acids is 1. The van der Waals surface area contributed by atoms with E-state index >= 15 is 0 Å². The van der Waals surface area contributed by atoms with E-state index in [0.717, 1.165) is 0 Å². The molecule has 0 unspecified atom stereocenters. The molecule has 21 heavy (non-hydrogen) atoms. The van der Waals surface area contributed by atoms with Crippen molar-refractivity contribution >= 4 is 49.2 Å². The molecule has 0 saturated carbocycles. The van der Waals surface area contributed by atoms with Gasteiger partial charge in [-0.2, -0.15) is 0 Å². The largest absolute Gasteiger partial charge is 0.478 e. The second kappa shape index (κ2) is 6.05. The minimum absolute atomic E-state index is 0.0371. The predicted octanol–water partition coefficient (Wildman–Crippen LogP) is 3.60. The van der Waals surface area contributed by atoms with E-state index in [9.17, 15) is 13.2 Å². The summed E-state index contributed by atoms with van der Waals surface area (Å²) in [5, 5.41) is 9.39. The van der Waals surface area contributed by atoms with Crippen LogP contribution in [0.1, 0.15) is 10.4 Å². The van der Waals surface area contributed by atoms with Gasteiger partial charge in [0.15, 0.2) is 0 Å². The van der Waals surface area contributed by atoms with Gasteiger partial charge in [0.25, 0.3) is 10.0 Å². The molecule has 0 atom stereocenters. The number of para-hydroxylation sites is 1. The van der Waals surface area contributed by atoms with Gasteiger partial charge in [-0.25, -0.2) is 13.2 Å². The first-order valence-electron chi connectivity index (χ1n) is 5.61. The van der Waals surface area contributed by atoms with Crippen LogP contribution in [0, 0.1) is 0 Å². The molecule has 0 aliphatic carbocycles. The Balaban J connectivity index is 2.49. The molecule has 0 aliphatic rings. The van der Waals surface area contributed by atoms with Crippen molar-refractivity contribution < 1.29 is 18.3 Å². The van der Waals surface area contributed by atoms with Crippen LogP contribution in [0.2, 0.25) is 5.02 Å². The summed E-state index contributed by atoms with van der Waals surface area (Å²) in [5.74, 6) is -1.24. The Morgan fingerprint density at radius 1 is 1.19 bits per heavy atom. The van der Waals surface area contributed by atoms with Gasteiger partial charge in [0, 0.05) is 9.50 Å². The molecule has 5 nitrogen and oxygen atoms in total. The summed E-state index contributed by atoms with van der Waals surface area (Å²) in [6, 6.07) is 10.0. The number of hydrogen-bond acceptors (Lipinski definition) is 3. The van der Waals surface area contributed by atoms with E-state index in [2.05, 4.69) is 20.7 Å². The Morgan fingerprint density at radius 3 is 2.48 bits per heavy atom. The molecule has 0 aliphatic heterocycles. The third-order valence-electron chi connectivity index (χ3n) is 2.59. The molecule has 2 aromatic rings. The van der Waals surface area contributed by atoms with Crippen LogP contribution >= 0.6 is 27.5 Å². The van der Waals surface area contributed by atoms with Gasteiger partial charge < -0.3 is 5.11 Å². The SMILES string of the molecule is O=C(O)c1cccc(Br)c1NS(=O)(=O)c1cccc(Cl)c1. The number of aromatic carboxylic acids is 1. The number of carboxylic acid groups (broad SMARTS) is 1. The van der Waals surface area contributed by atoms with Crippen LogP contribution in [0.5, 0.6) is 0 Å². The highest BCUT2D eigenvalue weighted by molar-refractivity contribution is 9.10. The molecular formula is C13H9BrClNO4S. The van der Waals surface area contributed by atoms with E-state index in [1.165, 1.54) is 30.3 Å². The minimum atomic E-state index is -3.94. The zero-order valence-corrected chi connectivity index (χ0v) is 13.5. The van der Waals surface area contributed by atoms with Crippen LogP contribution in [0.15, 0.2) is 51.8 Å². The molecule has 0 heterocycles. The van der Waals surface area contributed by atoms with Crippen LogP contribution < -0.4 is 4.72 Å². The fourth-order valence-electron chi connectivity index (χ4n) is 1.63. The Bertz CT molecular complexity index is 808. The summed E-state index contributed by atoms with van der Waals surface area (Å²) >= 11 is 8.91. The number of carbonyl (C=O) groups is 1. The van der Waals surface area contributed by atoms with E-state index < -0.39 is 16.0 Å². The van der Waals surface area contributed by atoms with Crippen LogP contribution in [-0.2, 0) is 10.0 Å². The van der Waals surface area contributed by atoms with E-state index in [0.29, 0.717) is 4.47 Å². The molecule has 2 rings (SSSR count). The number of sulfonamides is 1. The number of nitrogens with one attached hydrogen (secondary N) is 1. The Labute approximate surface area is 134 Å². The van der Waals surface area contributed by atoms with Crippen molar-refractivity contribution in [3.63, 3.8) is 0 Å². The van der Waals surface area contributed by atoms with E-state index in [1.54, 1.807) is 12.1 Å². The van der Waals surface area contributed by atoms with Gasteiger partial charge in [-0.05, 0) is 46.3 Å². The second-order valence-electron chi connectivity index (χ2n) is 4.03. The van der Waals surface area contributed by atoms with Crippen molar-refractivity contribution in [2.45, 2.75) is 4.90 Å². The van der Waals surface area contributed by atoms with Gasteiger partial charge in [-0.15, -0.1) is 0 Å². The summed E-state index contributed by atoms with van der Waals surface area (Å²) in [4.78, 5) is 11.1. The Kier molecular flexibility index (Phi) is 4.55. The van der Waals surface area contributed by atoms with Crippen LogP contribution in [-0.4, -0.2) is 19.5 Å². The first-order chi connectivity index (χ1) is 9.81. The van der Waals surface area contributed by atoms with E-state index in [1.807, 2.05) is 0 Å². The zero-order chi connectivity index (χ0) is 15.6. The van der Waals surface area contributed by atoms with Crippen LogP contribution in [0.4, 0.5) is 5.69 Å². The van der Waals surface area contributed by atoms with Crippen LogP contribution in [0.3, 0.4) is 0 Å². The minimum Gasteiger partial charge on any atom is -0.478 e. The molecule has 0 saturated heterocycles. The van der Waals surface area contributed by atoms with Gasteiger partial charge in [0.2, 0.25) is 0 Å². The molecule has 0 radical (unpaired) electrons. The van der Waals surface area contributed by atoms with Crippen molar-refractivity contribution in [3.8, 4) is 0 Å². The molecule has 0 fully saturated rings. The maximum absolute atomic E-state index is 12.3. The molecule has 110 valence electrons. The van der Waals surface area contributed by atoms with Gasteiger partial charge in [-0.3, -0.25) is 4.72 Å². The zero-order valence-electron chi connectivity index (χ0n) is 10.4. The third-order valence-corrected chi connectivity index (χ3v) is 4.83. The lowest BCUT2D eigenvalue weighted by molar-refractivity contribution is 0.0698. The molecule has 8 heteroatoms. The number of anilines is 1. The van der Waals surface area contributed by atoms with Gasteiger partial charge in [0.1, 0.15) is 0 Å². The summed E-state index contributed by atoms with van der Waals surface area (Å²) in [5.41, 5.74) is -0.194. The van der Waals surface area contributed by atoms with Crippen molar-refractivity contribution in [1.82, 2.24) is 0 Å². The quantitative estimate of drug-likeness (QED) is 0.835. The highest BCUT2D eigenvalue weighted by atomic mass is 79.9. The van der Waals surface area contributed by atoms with E-state index in [4.69, 9.17) is 16.7 Å². The van der Waals surface area contributed by atoms with Crippen LogP contribution in [0.25, 0.3) is 0 Å². The van der Waals surface area contributed by atoms with E-state index in [-0.39, 0.29) is 21.2 Å². The number of hydrogen-bond donors (Lipinski definition) is 2. The average Bonchev–Trinajstić information content (AvgIpc) is 2.40. The molecule has 2 aromatic carbocycles. The first-order valence-corrected chi connectivity index (χ1v) is 8.27. The maximum atomic E-state index is 12.3. The normalized spacial score (nSPS) is 11.1. The molecule has 0 amide bonds. The second-order valence-corrected chi connectivity index (χ2v) is 7.00. The third kappa shape index (κ3) is 3.55. The fraction of sp³-hybridized carbons (Fsp3) is 0. The number of benzene rings is 2. The molecule has 0 bridgehead atoms. The fourth-order valence-corrected chi connectivity index (χ4v) is 3.63. The highest BCUT2D eigenvalue weighted by Gasteiger charge is 2.20. The van der Waals surface area contributed by atoms with Gasteiger partial charge in [0.05, 0.1) is 16.1 Å². The summed E-state index contributed by atoms with van der Waals surface area (Å²) in [6.07, 6.45) is 0. The molecule has 0 aromatic heterocycles. The topological polar surface area (TPSA) is 83.5 Å². The summed E-state index contributed by atoms with van der Waals surface area (Å²) in [7, 11) is -3.94. The average molecular weight is 391 g/mol. The molecule has 2 N–H and O–H groups in total. The Morgan fingerprint density at radius 2 is 1.86 bits per heavy atom. The molecule has 0 spiro atoms. The number of halogens is 2. The monoisotopic (exact) mass is 389 g/mol. The lowest BCUT2D eigenvalue weighted by atomic mass is 10.2. The summed E-state index contributed by atoms with van der Waals surface area (Å²) < 4.78 is 27.2. The van der Waals surface area contributed by atoms with Crippen molar-refractivity contribution in [2.75, 3.05) is 4.72 Å². The summed E-state index contributed by atoms with van der Waals surface area (Å²) in [6.45, 7) is 0. The molecular weight excluding hydrogens is 382 g/mol. The lowest BCUT2D eigenvalue weighted by Gasteiger charge is -2.12. The highest BCUT2D eigenvalue weighted by Crippen LogP contribution is 2.29. The smallest absolute Gasteiger partial charge is 0.337 e. The van der Waals surface area contributed by atoms with Gasteiger partial charge >= 0.3 is 5.97 Å². The number of rotatable bonds is 4. The maximum Gasteiger partial charge on any atom is 0.337 e. The van der Waals surface area contributed by atoms with Crippen molar-refractivity contribution in [2.24, 2.45) is 0 Å².